The van der Waals surface area contributed by atoms with Gasteiger partial charge < -0.3 is 11.1 Å². The number of primary sulfonamides is 1. The fraction of sp³-hybridized carbons (Fsp3) is 0.0833. The number of hydrogen-bond acceptors (Lipinski definition) is 5. The monoisotopic (exact) mass is 311 g/mol. The molecule has 8 heteroatoms. The van der Waals surface area contributed by atoms with Crippen LogP contribution in [0.4, 0.5) is 11.4 Å². The van der Waals surface area contributed by atoms with E-state index in [0.29, 0.717) is 16.3 Å². The van der Waals surface area contributed by atoms with Crippen molar-refractivity contribution in [3.63, 3.8) is 0 Å². The summed E-state index contributed by atoms with van der Waals surface area (Å²) in [5.41, 5.74) is 6.59. The molecule has 106 valence electrons. The third kappa shape index (κ3) is 3.16. The highest BCUT2D eigenvalue weighted by Crippen LogP contribution is 2.24. The van der Waals surface area contributed by atoms with Crippen molar-refractivity contribution in [3.8, 4) is 0 Å². The minimum atomic E-state index is -3.80. The minimum absolute atomic E-state index is 0.0582. The molecule has 0 atom stereocenters. The molecule has 0 spiro atoms. The fourth-order valence-electron chi connectivity index (χ4n) is 1.55. The van der Waals surface area contributed by atoms with Gasteiger partial charge >= 0.3 is 0 Å². The molecular formula is C12H13N3O3S2. The van der Waals surface area contributed by atoms with Crippen LogP contribution in [0.15, 0.2) is 35.2 Å². The van der Waals surface area contributed by atoms with Gasteiger partial charge in [0.25, 0.3) is 5.91 Å². The molecule has 0 bridgehead atoms. The summed E-state index contributed by atoms with van der Waals surface area (Å²) in [5, 5.41) is 7.64. The Balaban J connectivity index is 2.24. The number of aryl methyl sites for hydroxylation is 1. The number of benzene rings is 1. The van der Waals surface area contributed by atoms with Crippen LogP contribution in [0.2, 0.25) is 0 Å². The molecule has 1 aromatic carbocycles. The molecule has 0 saturated carbocycles. The van der Waals surface area contributed by atoms with Crippen LogP contribution in [0.1, 0.15) is 14.5 Å². The van der Waals surface area contributed by atoms with Gasteiger partial charge in [0.15, 0.2) is 0 Å². The zero-order chi connectivity index (χ0) is 14.9. The lowest BCUT2D eigenvalue weighted by molar-refractivity contribution is 0.103. The molecule has 2 aromatic rings. The highest BCUT2D eigenvalue weighted by Gasteiger charge is 2.13. The fourth-order valence-corrected chi connectivity index (χ4v) is 2.95. The molecule has 0 aliphatic carbocycles. The SMILES string of the molecule is Cc1sc(C(=O)Nc2cccc(S(N)(=O)=O)c2)cc1N. The molecule has 1 aromatic heterocycles. The van der Waals surface area contributed by atoms with Gasteiger partial charge in [-0.2, -0.15) is 0 Å². The number of rotatable bonds is 3. The normalized spacial score (nSPS) is 11.3. The molecule has 0 aliphatic heterocycles. The maximum atomic E-state index is 12.0. The smallest absolute Gasteiger partial charge is 0.265 e. The van der Waals surface area contributed by atoms with Gasteiger partial charge in [0.2, 0.25) is 10.0 Å². The molecule has 6 nitrogen and oxygen atoms in total. The first-order valence-corrected chi connectivity index (χ1v) is 7.94. The predicted octanol–water partition coefficient (Wildman–Crippen LogP) is 1.54. The van der Waals surface area contributed by atoms with Crippen molar-refractivity contribution in [3.05, 3.63) is 40.1 Å². The van der Waals surface area contributed by atoms with Crippen LogP contribution >= 0.6 is 11.3 Å². The van der Waals surface area contributed by atoms with E-state index in [1.54, 1.807) is 12.1 Å². The van der Waals surface area contributed by atoms with Gasteiger partial charge in [-0.05, 0) is 31.2 Å². The molecule has 2 rings (SSSR count). The van der Waals surface area contributed by atoms with Crippen molar-refractivity contribution < 1.29 is 13.2 Å². The number of nitrogens with two attached hydrogens (primary N) is 2. The third-order valence-corrected chi connectivity index (χ3v) is 4.58. The summed E-state index contributed by atoms with van der Waals surface area (Å²) in [4.78, 5) is 13.3. The lowest BCUT2D eigenvalue weighted by Crippen LogP contribution is -2.14. The summed E-state index contributed by atoms with van der Waals surface area (Å²) in [6.45, 7) is 1.82. The van der Waals surface area contributed by atoms with Gasteiger partial charge in [0, 0.05) is 16.3 Å². The number of anilines is 2. The Hall–Kier alpha value is -1.90. The van der Waals surface area contributed by atoms with Gasteiger partial charge in [-0.25, -0.2) is 13.6 Å². The van der Waals surface area contributed by atoms with E-state index in [4.69, 9.17) is 10.9 Å². The summed E-state index contributed by atoms with van der Waals surface area (Å²) in [7, 11) is -3.80. The quantitative estimate of drug-likeness (QED) is 0.797. The Morgan fingerprint density at radius 3 is 2.55 bits per heavy atom. The van der Waals surface area contributed by atoms with Crippen molar-refractivity contribution in [2.45, 2.75) is 11.8 Å². The Bertz CT molecular complexity index is 747. The summed E-state index contributed by atoms with van der Waals surface area (Å²) in [6.07, 6.45) is 0. The topological polar surface area (TPSA) is 115 Å². The van der Waals surface area contributed by atoms with Crippen LogP contribution in [-0.4, -0.2) is 14.3 Å². The summed E-state index contributed by atoms with van der Waals surface area (Å²) < 4.78 is 22.5. The first-order chi connectivity index (χ1) is 9.27. The van der Waals surface area contributed by atoms with Gasteiger partial charge in [-0.3, -0.25) is 4.79 Å². The number of nitrogen functional groups attached to an aromatic ring is 1. The lowest BCUT2D eigenvalue weighted by Gasteiger charge is -2.05. The van der Waals surface area contributed by atoms with Crippen LogP contribution < -0.4 is 16.2 Å². The second kappa shape index (κ2) is 5.23. The largest absolute Gasteiger partial charge is 0.398 e. The van der Waals surface area contributed by atoms with E-state index in [1.807, 2.05) is 6.92 Å². The lowest BCUT2D eigenvalue weighted by atomic mass is 10.3. The van der Waals surface area contributed by atoms with Crippen LogP contribution in [-0.2, 0) is 10.0 Å². The molecule has 0 saturated heterocycles. The highest BCUT2D eigenvalue weighted by molar-refractivity contribution is 7.89. The van der Waals surface area contributed by atoms with E-state index < -0.39 is 10.0 Å². The van der Waals surface area contributed by atoms with E-state index >= 15 is 0 Å². The predicted molar refractivity (Wildman–Crippen MR) is 79.2 cm³/mol. The second-order valence-electron chi connectivity index (χ2n) is 4.15. The number of thiophene rings is 1. The molecule has 0 radical (unpaired) electrons. The molecule has 5 N–H and O–H groups in total. The first-order valence-electron chi connectivity index (χ1n) is 5.57. The van der Waals surface area contributed by atoms with Crippen molar-refractivity contribution in [1.29, 1.82) is 0 Å². The van der Waals surface area contributed by atoms with E-state index in [1.165, 1.54) is 29.5 Å². The van der Waals surface area contributed by atoms with Gasteiger partial charge in [-0.1, -0.05) is 6.07 Å². The molecule has 0 unspecified atom stereocenters. The maximum absolute atomic E-state index is 12.0. The molecular weight excluding hydrogens is 298 g/mol. The summed E-state index contributed by atoms with van der Waals surface area (Å²) in [6, 6.07) is 7.33. The van der Waals surface area contributed by atoms with Crippen LogP contribution in [0.3, 0.4) is 0 Å². The van der Waals surface area contributed by atoms with Crippen molar-refractivity contribution >= 4 is 38.6 Å². The Labute approximate surface area is 120 Å². The van der Waals surface area contributed by atoms with E-state index in [9.17, 15) is 13.2 Å². The minimum Gasteiger partial charge on any atom is -0.398 e. The van der Waals surface area contributed by atoms with E-state index in [0.717, 1.165) is 4.88 Å². The zero-order valence-corrected chi connectivity index (χ0v) is 12.2. The molecule has 1 amide bonds. The molecule has 20 heavy (non-hydrogen) atoms. The number of carbonyl (C=O) groups is 1. The molecule has 1 heterocycles. The number of hydrogen-bond donors (Lipinski definition) is 3. The van der Waals surface area contributed by atoms with Crippen molar-refractivity contribution in [2.24, 2.45) is 5.14 Å². The van der Waals surface area contributed by atoms with Gasteiger partial charge in [-0.15, -0.1) is 11.3 Å². The highest BCUT2D eigenvalue weighted by atomic mass is 32.2. The number of nitrogens with one attached hydrogen (secondary N) is 1. The molecule has 0 fully saturated rings. The van der Waals surface area contributed by atoms with Gasteiger partial charge in [0.05, 0.1) is 9.77 Å². The first kappa shape index (κ1) is 14.5. The number of amides is 1. The molecule has 0 aliphatic rings. The Kier molecular flexibility index (Phi) is 3.80. The second-order valence-corrected chi connectivity index (χ2v) is 6.97. The Morgan fingerprint density at radius 1 is 1.30 bits per heavy atom. The van der Waals surface area contributed by atoms with Crippen molar-refractivity contribution in [1.82, 2.24) is 0 Å². The maximum Gasteiger partial charge on any atom is 0.265 e. The number of carbonyl (C=O) groups excluding carboxylic acids is 1. The number of sulfonamides is 1. The van der Waals surface area contributed by atoms with Crippen molar-refractivity contribution in [2.75, 3.05) is 11.1 Å². The third-order valence-electron chi connectivity index (χ3n) is 2.60. The van der Waals surface area contributed by atoms with Crippen LogP contribution in [0.25, 0.3) is 0 Å². The average molecular weight is 311 g/mol. The Morgan fingerprint density at radius 2 is 2.00 bits per heavy atom. The van der Waals surface area contributed by atoms with E-state index in [-0.39, 0.29) is 10.8 Å². The standard InChI is InChI=1S/C12H13N3O3S2/c1-7-10(13)6-11(19-7)12(16)15-8-3-2-4-9(5-8)20(14,17)18/h2-6H,13H2,1H3,(H,15,16)(H2,14,17,18). The van der Waals surface area contributed by atoms with Crippen LogP contribution in [0.5, 0.6) is 0 Å². The summed E-state index contributed by atoms with van der Waals surface area (Å²) in [5.74, 6) is -0.346. The van der Waals surface area contributed by atoms with Crippen LogP contribution in [0, 0.1) is 6.92 Å². The average Bonchev–Trinajstić information content (AvgIpc) is 2.69. The summed E-state index contributed by atoms with van der Waals surface area (Å²) >= 11 is 1.27. The zero-order valence-electron chi connectivity index (χ0n) is 10.6. The van der Waals surface area contributed by atoms with Gasteiger partial charge in [0.1, 0.15) is 0 Å². The van der Waals surface area contributed by atoms with E-state index in [2.05, 4.69) is 5.32 Å².